The van der Waals surface area contributed by atoms with Crippen molar-refractivity contribution in [2.45, 2.75) is 39.8 Å². The Morgan fingerprint density at radius 3 is 2.43 bits per heavy atom. The van der Waals surface area contributed by atoms with Crippen LogP contribution in [0.2, 0.25) is 0 Å². The van der Waals surface area contributed by atoms with Gasteiger partial charge in [-0.3, -0.25) is 9.69 Å². The van der Waals surface area contributed by atoms with Crippen molar-refractivity contribution in [3.8, 4) is 0 Å². The lowest BCUT2D eigenvalue weighted by Gasteiger charge is -2.42. The molecule has 4 heteroatoms. The molecule has 21 heavy (non-hydrogen) atoms. The molecule has 4 nitrogen and oxygen atoms in total. The number of hydrogen-bond donors (Lipinski definition) is 1. The fourth-order valence-electron chi connectivity index (χ4n) is 2.96. The molecule has 1 heterocycles. The number of likely N-dealkylation sites (N-methyl/N-ethyl adjacent to an activating group) is 1. The third kappa shape index (κ3) is 3.38. The fourth-order valence-corrected chi connectivity index (χ4v) is 2.96. The number of amides is 1. The Balaban J connectivity index is 2.16. The van der Waals surface area contributed by atoms with Gasteiger partial charge in [0.15, 0.2) is 0 Å². The van der Waals surface area contributed by atoms with Crippen molar-refractivity contribution in [1.82, 2.24) is 9.80 Å². The monoisotopic (exact) mass is 289 g/mol. The van der Waals surface area contributed by atoms with Crippen LogP contribution >= 0.6 is 0 Å². The van der Waals surface area contributed by atoms with Gasteiger partial charge < -0.3 is 10.2 Å². The van der Waals surface area contributed by atoms with Crippen LogP contribution in [-0.4, -0.2) is 54.5 Å². The van der Waals surface area contributed by atoms with Crippen LogP contribution in [0.3, 0.4) is 0 Å². The first-order valence-electron chi connectivity index (χ1n) is 7.79. The van der Waals surface area contributed by atoms with Gasteiger partial charge >= 0.3 is 0 Å². The Bertz CT molecular complexity index is 503. The average molecular weight is 289 g/mol. The molecule has 1 N–H and O–H groups in total. The summed E-state index contributed by atoms with van der Waals surface area (Å²) >= 11 is 0. The van der Waals surface area contributed by atoms with Crippen LogP contribution in [0.1, 0.15) is 36.7 Å². The van der Waals surface area contributed by atoms with Crippen LogP contribution in [-0.2, 0) is 0 Å². The lowest BCUT2D eigenvalue weighted by Crippen LogP contribution is -2.56. The molecule has 2 unspecified atom stereocenters. The van der Waals surface area contributed by atoms with E-state index in [2.05, 4.69) is 44.1 Å². The van der Waals surface area contributed by atoms with Gasteiger partial charge in [0.25, 0.3) is 5.91 Å². The molecule has 116 valence electrons. The predicted octanol–water partition coefficient (Wildman–Crippen LogP) is 2.59. The van der Waals surface area contributed by atoms with Crippen molar-refractivity contribution in [3.63, 3.8) is 0 Å². The summed E-state index contributed by atoms with van der Waals surface area (Å²) in [4.78, 5) is 17.1. The van der Waals surface area contributed by atoms with E-state index < -0.39 is 0 Å². The number of carbonyl (C=O) groups excluding carboxylic acids is 1. The van der Waals surface area contributed by atoms with Gasteiger partial charge in [-0.05, 0) is 58.5 Å². The van der Waals surface area contributed by atoms with Crippen LogP contribution in [0.5, 0.6) is 0 Å². The number of nitrogens with one attached hydrogen (secondary N) is 1. The lowest BCUT2D eigenvalue weighted by atomic mass is 10.0. The SMILES string of the molecule is CCNc1ccc(C(=O)N2CC(C)N(C)C(C)C2)c(C)c1. The summed E-state index contributed by atoms with van der Waals surface area (Å²) in [6, 6.07) is 6.80. The number of carbonyl (C=O) groups is 1. The topological polar surface area (TPSA) is 35.6 Å². The van der Waals surface area contributed by atoms with Gasteiger partial charge in [-0.1, -0.05) is 0 Å². The molecular weight excluding hydrogens is 262 g/mol. The first-order chi connectivity index (χ1) is 9.93. The van der Waals surface area contributed by atoms with E-state index in [4.69, 9.17) is 0 Å². The number of rotatable bonds is 3. The van der Waals surface area contributed by atoms with E-state index in [1.54, 1.807) is 0 Å². The van der Waals surface area contributed by atoms with Crippen molar-refractivity contribution in [1.29, 1.82) is 0 Å². The molecule has 0 spiro atoms. The third-order valence-electron chi connectivity index (χ3n) is 4.48. The van der Waals surface area contributed by atoms with Crippen LogP contribution in [0, 0.1) is 6.92 Å². The lowest BCUT2D eigenvalue weighted by molar-refractivity contribution is 0.0413. The number of benzene rings is 1. The summed E-state index contributed by atoms with van der Waals surface area (Å²) < 4.78 is 0. The van der Waals surface area contributed by atoms with Crippen molar-refractivity contribution >= 4 is 11.6 Å². The first-order valence-corrected chi connectivity index (χ1v) is 7.79. The summed E-state index contributed by atoms with van der Waals surface area (Å²) in [5.74, 6) is 0.155. The van der Waals surface area contributed by atoms with Gasteiger partial charge in [-0.25, -0.2) is 0 Å². The molecule has 0 aliphatic carbocycles. The third-order valence-corrected chi connectivity index (χ3v) is 4.48. The van der Waals surface area contributed by atoms with Crippen LogP contribution in [0.4, 0.5) is 5.69 Å². The van der Waals surface area contributed by atoms with Crippen molar-refractivity contribution in [3.05, 3.63) is 29.3 Å². The van der Waals surface area contributed by atoms with E-state index in [1.807, 2.05) is 24.0 Å². The van der Waals surface area contributed by atoms with E-state index >= 15 is 0 Å². The molecule has 0 radical (unpaired) electrons. The van der Waals surface area contributed by atoms with E-state index in [0.29, 0.717) is 12.1 Å². The van der Waals surface area contributed by atoms with Crippen LogP contribution < -0.4 is 5.32 Å². The average Bonchev–Trinajstić information content (AvgIpc) is 2.44. The predicted molar refractivity (Wildman–Crippen MR) is 87.9 cm³/mol. The maximum Gasteiger partial charge on any atom is 0.254 e. The summed E-state index contributed by atoms with van der Waals surface area (Å²) in [6.45, 7) is 10.9. The van der Waals surface area contributed by atoms with E-state index in [-0.39, 0.29) is 5.91 Å². The highest BCUT2D eigenvalue weighted by Gasteiger charge is 2.30. The first kappa shape index (κ1) is 15.8. The molecular formula is C17H27N3O. The summed E-state index contributed by atoms with van der Waals surface area (Å²) in [6.07, 6.45) is 0. The quantitative estimate of drug-likeness (QED) is 0.929. The summed E-state index contributed by atoms with van der Waals surface area (Å²) in [5, 5.41) is 3.28. The van der Waals surface area contributed by atoms with Crippen molar-refractivity contribution < 1.29 is 4.79 Å². The Morgan fingerprint density at radius 2 is 1.90 bits per heavy atom. The normalized spacial score (nSPS) is 23.2. The number of nitrogens with zero attached hydrogens (tertiary/aromatic N) is 2. The Morgan fingerprint density at radius 1 is 1.29 bits per heavy atom. The highest BCUT2D eigenvalue weighted by atomic mass is 16.2. The Kier molecular flexibility index (Phi) is 4.88. The summed E-state index contributed by atoms with van der Waals surface area (Å²) in [7, 11) is 2.13. The number of piperazine rings is 1. The maximum atomic E-state index is 12.8. The molecule has 0 bridgehead atoms. The molecule has 1 saturated heterocycles. The van der Waals surface area contributed by atoms with Gasteiger partial charge in [0.2, 0.25) is 0 Å². The molecule has 1 aliphatic rings. The van der Waals surface area contributed by atoms with Crippen molar-refractivity contribution in [2.75, 3.05) is 32.0 Å². The smallest absolute Gasteiger partial charge is 0.254 e. The zero-order valence-corrected chi connectivity index (χ0v) is 13.8. The highest BCUT2D eigenvalue weighted by molar-refractivity contribution is 5.96. The van der Waals surface area contributed by atoms with Gasteiger partial charge in [-0.15, -0.1) is 0 Å². The molecule has 2 atom stereocenters. The summed E-state index contributed by atoms with van der Waals surface area (Å²) in [5.41, 5.74) is 2.94. The standard InChI is InChI=1S/C17H27N3O/c1-6-18-15-7-8-16(12(2)9-15)17(21)20-10-13(3)19(5)14(4)11-20/h7-9,13-14,18H,6,10-11H2,1-5H3. The number of hydrogen-bond acceptors (Lipinski definition) is 3. The van der Waals surface area contributed by atoms with E-state index in [9.17, 15) is 4.79 Å². The van der Waals surface area contributed by atoms with Gasteiger partial charge in [0.05, 0.1) is 0 Å². The molecule has 2 rings (SSSR count). The second-order valence-electron chi connectivity index (χ2n) is 6.13. The molecule has 1 aliphatic heterocycles. The number of aryl methyl sites for hydroxylation is 1. The molecule has 1 amide bonds. The molecule has 1 fully saturated rings. The van der Waals surface area contributed by atoms with E-state index in [1.165, 1.54) is 0 Å². The van der Waals surface area contributed by atoms with Crippen LogP contribution in [0.25, 0.3) is 0 Å². The second-order valence-corrected chi connectivity index (χ2v) is 6.13. The zero-order chi connectivity index (χ0) is 15.6. The number of anilines is 1. The minimum Gasteiger partial charge on any atom is -0.385 e. The van der Waals surface area contributed by atoms with Crippen LogP contribution in [0.15, 0.2) is 18.2 Å². The largest absolute Gasteiger partial charge is 0.385 e. The maximum absolute atomic E-state index is 12.8. The minimum atomic E-state index is 0.155. The van der Waals surface area contributed by atoms with Crippen molar-refractivity contribution in [2.24, 2.45) is 0 Å². The molecule has 1 aromatic carbocycles. The zero-order valence-electron chi connectivity index (χ0n) is 13.8. The molecule has 0 saturated carbocycles. The van der Waals surface area contributed by atoms with E-state index in [0.717, 1.165) is 36.4 Å². The second kappa shape index (κ2) is 6.48. The van der Waals surface area contributed by atoms with Gasteiger partial charge in [0, 0.05) is 43.0 Å². The minimum absolute atomic E-state index is 0.155. The highest BCUT2D eigenvalue weighted by Crippen LogP contribution is 2.20. The Hall–Kier alpha value is -1.55. The fraction of sp³-hybridized carbons (Fsp3) is 0.588. The Labute approximate surface area is 128 Å². The van der Waals surface area contributed by atoms with Gasteiger partial charge in [0.1, 0.15) is 0 Å². The van der Waals surface area contributed by atoms with Gasteiger partial charge in [-0.2, -0.15) is 0 Å². The molecule has 0 aromatic heterocycles. The molecule has 1 aromatic rings.